The normalized spacial score (nSPS) is 15.0. The van der Waals surface area contributed by atoms with Gasteiger partial charge in [-0.1, -0.05) is 25.1 Å². The Labute approximate surface area is 128 Å². The standard InChI is InChI=1S/C16H27NO3S/c1-6-21(18,19)11-13(4)17-14(5)15-9-7-8-10-16(15)20-12(2)3/h7-10,12-14,17H,6,11H2,1-5H3. The number of sulfone groups is 1. The molecule has 0 fully saturated rings. The van der Waals surface area contributed by atoms with Crippen molar-refractivity contribution in [3.05, 3.63) is 29.8 Å². The Balaban J connectivity index is 2.78. The highest BCUT2D eigenvalue weighted by Gasteiger charge is 2.18. The van der Waals surface area contributed by atoms with Gasteiger partial charge in [0.1, 0.15) is 5.75 Å². The van der Waals surface area contributed by atoms with Gasteiger partial charge in [0.15, 0.2) is 9.84 Å². The van der Waals surface area contributed by atoms with E-state index >= 15 is 0 Å². The van der Waals surface area contributed by atoms with Crippen LogP contribution in [0.5, 0.6) is 5.75 Å². The molecule has 2 atom stereocenters. The summed E-state index contributed by atoms with van der Waals surface area (Å²) in [7, 11) is -2.97. The minimum absolute atomic E-state index is 0.0296. The zero-order valence-electron chi connectivity index (χ0n) is 13.6. The van der Waals surface area contributed by atoms with Crippen LogP contribution in [0.3, 0.4) is 0 Å². The van der Waals surface area contributed by atoms with Gasteiger partial charge >= 0.3 is 0 Å². The second-order valence-electron chi connectivity index (χ2n) is 5.69. The monoisotopic (exact) mass is 313 g/mol. The van der Waals surface area contributed by atoms with Crippen LogP contribution in [0.4, 0.5) is 0 Å². The number of hydrogen-bond donors (Lipinski definition) is 1. The van der Waals surface area contributed by atoms with E-state index in [1.54, 1.807) is 6.92 Å². The number of benzene rings is 1. The predicted octanol–water partition coefficient (Wildman–Crippen LogP) is 2.95. The lowest BCUT2D eigenvalue weighted by atomic mass is 10.1. The first-order valence-corrected chi connectivity index (χ1v) is 9.29. The Bertz CT molecular complexity index is 540. The Morgan fingerprint density at radius 2 is 1.76 bits per heavy atom. The zero-order chi connectivity index (χ0) is 16.0. The molecule has 0 aliphatic rings. The smallest absolute Gasteiger partial charge is 0.151 e. The highest BCUT2D eigenvalue weighted by molar-refractivity contribution is 7.91. The molecule has 21 heavy (non-hydrogen) atoms. The van der Waals surface area contributed by atoms with Crippen LogP contribution in [0.2, 0.25) is 0 Å². The molecule has 120 valence electrons. The van der Waals surface area contributed by atoms with Crippen molar-refractivity contribution in [2.45, 2.75) is 52.8 Å². The quantitative estimate of drug-likeness (QED) is 0.801. The predicted molar refractivity (Wildman–Crippen MR) is 87.5 cm³/mol. The number of rotatable bonds is 8. The molecule has 0 spiro atoms. The highest BCUT2D eigenvalue weighted by Crippen LogP contribution is 2.26. The molecule has 0 aliphatic carbocycles. The Hall–Kier alpha value is -1.07. The van der Waals surface area contributed by atoms with E-state index in [-0.39, 0.29) is 29.7 Å². The van der Waals surface area contributed by atoms with Crippen LogP contribution in [0.1, 0.15) is 46.2 Å². The molecule has 0 heterocycles. The molecule has 1 aromatic carbocycles. The van der Waals surface area contributed by atoms with Crippen molar-refractivity contribution in [3.63, 3.8) is 0 Å². The minimum Gasteiger partial charge on any atom is -0.491 e. The summed E-state index contributed by atoms with van der Waals surface area (Å²) in [5.74, 6) is 1.18. The molecule has 0 amide bonds. The first-order chi connectivity index (χ1) is 9.75. The van der Waals surface area contributed by atoms with E-state index in [4.69, 9.17) is 4.74 Å². The van der Waals surface area contributed by atoms with Gasteiger partial charge in [-0.15, -0.1) is 0 Å². The summed E-state index contributed by atoms with van der Waals surface area (Å²) in [4.78, 5) is 0. The van der Waals surface area contributed by atoms with Gasteiger partial charge in [-0.25, -0.2) is 8.42 Å². The third-order valence-corrected chi connectivity index (χ3v) is 5.11. The van der Waals surface area contributed by atoms with Crippen molar-refractivity contribution in [2.24, 2.45) is 0 Å². The van der Waals surface area contributed by atoms with Gasteiger partial charge in [0.05, 0.1) is 11.9 Å². The number of para-hydroxylation sites is 1. The van der Waals surface area contributed by atoms with Crippen molar-refractivity contribution in [3.8, 4) is 5.75 Å². The van der Waals surface area contributed by atoms with Gasteiger partial charge in [0.2, 0.25) is 0 Å². The lowest BCUT2D eigenvalue weighted by molar-refractivity contribution is 0.237. The third-order valence-electron chi connectivity index (χ3n) is 3.23. The third kappa shape index (κ3) is 6.06. The fourth-order valence-corrected chi connectivity index (χ4v) is 3.36. The molecule has 0 aliphatic heterocycles. The second kappa shape index (κ2) is 7.80. The van der Waals surface area contributed by atoms with Crippen LogP contribution in [-0.4, -0.2) is 32.1 Å². The van der Waals surface area contributed by atoms with Crippen LogP contribution in [0.25, 0.3) is 0 Å². The topological polar surface area (TPSA) is 55.4 Å². The summed E-state index contributed by atoms with van der Waals surface area (Å²) < 4.78 is 29.2. The lowest BCUT2D eigenvalue weighted by Gasteiger charge is -2.23. The van der Waals surface area contributed by atoms with Gasteiger partial charge in [-0.3, -0.25) is 0 Å². The zero-order valence-corrected chi connectivity index (χ0v) is 14.4. The van der Waals surface area contributed by atoms with Crippen molar-refractivity contribution in [1.82, 2.24) is 5.32 Å². The summed E-state index contributed by atoms with van der Waals surface area (Å²) in [6.45, 7) is 9.58. The van der Waals surface area contributed by atoms with Gasteiger partial charge in [0, 0.05) is 23.4 Å². The van der Waals surface area contributed by atoms with E-state index < -0.39 is 9.84 Å². The molecule has 1 aromatic rings. The van der Waals surface area contributed by atoms with E-state index in [1.165, 1.54) is 0 Å². The maximum atomic E-state index is 11.7. The van der Waals surface area contributed by atoms with Crippen LogP contribution >= 0.6 is 0 Å². The Morgan fingerprint density at radius 1 is 1.14 bits per heavy atom. The van der Waals surface area contributed by atoms with Crippen LogP contribution in [-0.2, 0) is 9.84 Å². The summed E-state index contributed by atoms with van der Waals surface area (Å²) >= 11 is 0. The lowest BCUT2D eigenvalue weighted by Crippen LogP contribution is -2.35. The van der Waals surface area contributed by atoms with E-state index in [9.17, 15) is 8.42 Å². The van der Waals surface area contributed by atoms with Gasteiger partial charge in [-0.2, -0.15) is 0 Å². The van der Waals surface area contributed by atoms with Gasteiger partial charge in [-0.05, 0) is 33.8 Å². The van der Waals surface area contributed by atoms with E-state index in [0.717, 1.165) is 11.3 Å². The van der Waals surface area contributed by atoms with Crippen molar-refractivity contribution in [2.75, 3.05) is 11.5 Å². The Kier molecular flexibility index (Phi) is 6.68. The van der Waals surface area contributed by atoms with E-state index in [2.05, 4.69) is 5.32 Å². The summed E-state index contributed by atoms with van der Waals surface area (Å²) in [6, 6.07) is 7.80. The summed E-state index contributed by atoms with van der Waals surface area (Å²) in [5, 5.41) is 3.34. The number of ether oxygens (including phenoxy) is 1. The molecule has 2 unspecified atom stereocenters. The molecular weight excluding hydrogens is 286 g/mol. The first-order valence-electron chi connectivity index (χ1n) is 7.47. The highest BCUT2D eigenvalue weighted by atomic mass is 32.2. The molecule has 0 radical (unpaired) electrons. The van der Waals surface area contributed by atoms with E-state index in [1.807, 2.05) is 52.0 Å². The molecule has 4 nitrogen and oxygen atoms in total. The summed E-state index contributed by atoms with van der Waals surface area (Å²) in [5.41, 5.74) is 1.05. The van der Waals surface area contributed by atoms with Gasteiger partial charge in [0.25, 0.3) is 0 Å². The average molecular weight is 313 g/mol. The Morgan fingerprint density at radius 3 is 2.33 bits per heavy atom. The number of nitrogens with one attached hydrogen (secondary N) is 1. The fraction of sp³-hybridized carbons (Fsp3) is 0.625. The minimum atomic E-state index is -2.97. The van der Waals surface area contributed by atoms with E-state index in [0.29, 0.717) is 0 Å². The second-order valence-corrected chi connectivity index (χ2v) is 8.09. The SMILES string of the molecule is CCS(=O)(=O)CC(C)NC(C)c1ccccc1OC(C)C. The molecule has 0 saturated carbocycles. The summed E-state index contributed by atoms with van der Waals surface area (Å²) in [6.07, 6.45) is 0.108. The van der Waals surface area contributed by atoms with Crippen LogP contribution < -0.4 is 10.1 Å². The van der Waals surface area contributed by atoms with Crippen LogP contribution in [0.15, 0.2) is 24.3 Å². The largest absolute Gasteiger partial charge is 0.491 e. The van der Waals surface area contributed by atoms with Crippen molar-refractivity contribution < 1.29 is 13.2 Å². The van der Waals surface area contributed by atoms with Crippen LogP contribution in [0, 0.1) is 0 Å². The molecule has 1 rings (SSSR count). The average Bonchev–Trinajstić information content (AvgIpc) is 2.37. The molecular formula is C16H27NO3S. The first kappa shape index (κ1) is 18.0. The van der Waals surface area contributed by atoms with Gasteiger partial charge < -0.3 is 10.1 Å². The van der Waals surface area contributed by atoms with Crippen molar-refractivity contribution >= 4 is 9.84 Å². The maximum Gasteiger partial charge on any atom is 0.151 e. The molecule has 0 aromatic heterocycles. The maximum absolute atomic E-state index is 11.7. The fourth-order valence-electron chi connectivity index (χ4n) is 2.26. The molecule has 0 bridgehead atoms. The molecule has 5 heteroatoms. The molecule has 0 saturated heterocycles. The van der Waals surface area contributed by atoms with Crippen molar-refractivity contribution in [1.29, 1.82) is 0 Å². The molecule has 1 N–H and O–H groups in total. The number of hydrogen-bond acceptors (Lipinski definition) is 4.